The summed E-state index contributed by atoms with van der Waals surface area (Å²) in [5.41, 5.74) is 2.20. The summed E-state index contributed by atoms with van der Waals surface area (Å²) in [6, 6.07) is 4.05. The number of pyridine rings is 1. The molecule has 2 aromatic rings. The van der Waals surface area contributed by atoms with E-state index in [-0.39, 0.29) is 36.2 Å². The number of halogens is 1. The van der Waals surface area contributed by atoms with Gasteiger partial charge in [0.25, 0.3) is 0 Å². The fraction of sp³-hybridized carbons (Fsp3) is 0.625. The van der Waals surface area contributed by atoms with Gasteiger partial charge in [0.05, 0.1) is 25.9 Å². The van der Waals surface area contributed by atoms with Crippen molar-refractivity contribution in [3.05, 3.63) is 41.9 Å². The highest BCUT2D eigenvalue weighted by atomic mass is 127. The van der Waals surface area contributed by atoms with Crippen molar-refractivity contribution < 1.29 is 9.47 Å². The monoisotopic (exact) mass is 568 g/mol. The molecule has 0 amide bonds. The predicted octanol–water partition coefficient (Wildman–Crippen LogP) is 3.93. The molecule has 8 nitrogen and oxygen atoms in total. The maximum atomic E-state index is 6.17. The Morgan fingerprint density at radius 2 is 2.12 bits per heavy atom. The lowest BCUT2D eigenvalue weighted by molar-refractivity contribution is -0.00805. The van der Waals surface area contributed by atoms with Crippen LogP contribution in [0.4, 0.5) is 0 Å². The number of aromatic nitrogens is 3. The zero-order chi connectivity index (χ0) is 22.3. The topological polar surface area (TPSA) is 76.8 Å². The highest BCUT2D eigenvalue weighted by Gasteiger charge is 2.25. The van der Waals surface area contributed by atoms with Crippen LogP contribution in [0.15, 0.2) is 35.7 Å². The van der Waals surface area contributed by atoms with E-state index >= 15 is 0 Å². The Kier molecular flexibility index (Phi) is 9.78. The van der Waals surface area contributed by atoms with Crippen LogP contribution < -0.4 is 10.1 Å². The number of rotatable bonds is 6. The maximum absolute atomic E-state index is 6.17. The second-order valence-electron chi connectivity index (χ2n) is 8.93. The number of guanidine groups is 1. The molecule has 4 rings (SSSR count). The molecular weight excluding hydrogens is 531 g/mol. The zero-order valence-corrected chi connectivity index (χ0v) is 22.3. The van der Waals surface area contributed by atoms with Gasteiger partial charge in [-0.2, -0.15) is 5.10 Å². The highest BCUT2D eigenvalue weighted by molar-refractivity contribution is 14.0. The molecule has 2 aliphatic rings. The lowest BCUT2D eigenvalue weighted by Crippen LogP contribution is -2.48. The molecule has 2 fully saturated rings. The van der Waals surface area contributed by atoms with Crippen LogP contribution in [0.5, 0.6) is 5.88 Å². The largest absolute Gasteiger partial charge is 0.474 e. The van der Waals surface area contributed by atoms with Crippen molar-refractivity contribution in [3.63, 3.8) is 0 Å². The Balaban J connectivity index is 0.00000306. The van der Waals surface area contributed by atoms with Gasteiger partial charge in [-0.25, -0.2) is 9.98 Å². The van der Waals surface area contributed by atoms with E-state index in [2.05, 4.69) is 34.1 Å². The molecule has 1 N–H and O–H groups in total. The lowest BCUT2D eigenvalue weighted by atomic mass is 9.89. The van der Waals surface area contributed by atoms with Gasteiger partial charge in [0.1, 0.15) is 12.2 Å². The first-order chi connectivity index (χ1) is 15.6. The van der Waals surface area contributed by atoms with Crippen LogP contribution in [0, 0.1) is 5.92 Å². The van der Waals surface area contributed by atoms with Crippen LogP contribution in [-0.4, -0.2) is 58.0 Å². The van der Waals surface area contributed by atoms with Crippen molar-refractivity contribution in [2.24, 2.45) is 18.0 Å². The van der Waals surface area contributed by atoms with Crippen molar-refractivity contribution >= 4 is 29.9 Å². The second-order valence-corrected chi connectivity index (χ2v) is 8.93. The Morgan fingerprint density at radius 1 is 1.30 bits per heavy atom. The molecule has 9 heteroatoms. The van der Waals surface area contributed by atoms with Crippen LogP contribution in [0.25, 0.3) is 0 Å². The van der Waals surface area contributed by atoms with Gasteiger partial charge in [-0.3, -0.25) is 4.68 Å². The molecule has 0 aromatic carbocycles. The van der Waals surface area contributed by atoms with Crippen LogP contribution in [-0.2, 0) is 18.3 Å². The number of hydrogen-bond acceptors (Lipinski definition) is 5. The summed E-state index contributed by atoms with van der Waals surface area (Å²) in [7, 11) is 1.93. The van der Waals surface area contributed by atoms with Gasteiger partial charge in [-0.05, 0) is 50.2 Å². The van der Waals surface area contributed by atoms with E-state index in [9.17, 15) is 0 Å². The molecule has 1 aliphatic carbocycles. The third-order valence-corrected chi connectivity index (χ3v) is 6.26. The summed E-state index contributed by atoms with van der Waals surface area (Å²) in [6.07, 6.45) is 10.7. The van der Waals surface area contributed by atoms with Crippen molar-refractivity contribution in [3.8, 4) is 5.88 Å². The Morgan fingerprint density at radius 3 is 2.85 bits per heavy atom. The van der Waals surface area contributed by atoms with Crippen molar-refractivity contribution in [2.45, 2.75) is 58.3 Å². The van der Waals surface area contributed by atoms with E-state index in [1.165, 1.54) is 12.8 Å². The number of ether oxygens (including phenoxy) is 2. The minimum Gasteiger partial charge on any atom is -0.474 e. The fourth-order valence-corrected chi connectivity index (χ4v) is 4.37. The molecule has 1 saturated heterocycles. The molecule has 0 bridgehead atoms. The van der Waals surface area contributed by atoms with Crippen molar-refractivity contribution in [1.29, 1.82) is 0 Å². The third-order valence-electron chi connectivity index (χ3n) is 6.26. The second kappa shape index (κ2) is 12.5. The quantitative estimate of drug-likeness (QED) is 0.324. The number of nitrogens with zero attached hydrogens (tertiary/aromatic N) is 5. The number of morpholine rings is 1. The Hall–Kier alpha value is -1.88. The van der Waals surface area contributed by atoms with Crippen LogP contribution >= 0.6 is 24.0 Å². The number of nitrogens with one attached hydrogen (secondary N) is 1. The maximum Gasteiger partial charge on any atom is 0.213 e. The molecule has 182 valence electrons. The van der Waals surface area contributed by atoms with Gasteiger partial charge < -0.3 is 19.7 Å². The molecule has 1 saturated carbocycles. The molecule has 0 radical (unpaired) electrons. The smallest absolute Gasteiger partial charge is 0.213 e. The summed E-state index contributed by atoms with van der Waals surface area (Å²) >= 11 is 0. The van der Waals surface area contributed by atoms with E-state index < -0.39 is 0 Å². The molecule has 1 unspecified atom stereocenters. The zero-order valence-electron chi connectivity index (χ0n) is 19.9. The highest BCUT2D eigenvalue weighted by Crippen LogP contribution is 2.27. The Labute approximate surface area is 214 Å². The number of aryl methyl sites for hydroxylation is 1. The average Bonchev–Trinajstić information content (AvgIpc) is 3.25. The van der Waals surface area contributed by atoms with Crippen LogP contribution in [0.2, 0.25) is 0 Å². The summed E-state index contributed by atoms with van der Waals surface area (Å²) in [5, 5.41) is 7.72. The summed E-state index contributed by atoms with van der Waals surface area (Å²) in [5.74, 6) is 2.43. The third kappa shape index (κ3) is 7.30. The van der Waals surface area contributed by atoms with Gasteiger partial charge in [-0.1, -0.05) is 6.92 Å². The summed E-state index contributed by atoms with van der Waals surface area (Å²) < 4.78 is 14.0. The van der Waals surface area contributed by atoms with Crippen molar-refractivity contribution in [2.75, 3.05) is 26.2 Å². The van der Waals surface area contributed by atoms with Gasteiger partial charge in [0.2, 0.25) is 5.88 Å². The predicted molar refractivity (Wildman–Crippen MR) is 140 cm³/mol. The molecule has 3 heterocycles. The van der Waals surface area contributed by atoms with Gasteiger partial charge >= 0.3 is 0 Å². The summed E-state index contributed by atoms with van der Waals surface area (Å²) in [4.78, 5) is 11.6. The van der Waals surface area contributed by atoms with E-state index in [1.54, 1.807) is 0 Å². The molecule has 1 atom stereocenters. The first kappa shape index (κ1) is 25.7. The van der Waals surface area contributed by atoms with E-state index in [1.807, 2.05) is 42.5 Å². The average molecular weight is 569 g/mol. The number of hydrogen-bond donors (Lipinski definition) is 1. The van der Waals surface area contributed by atoms with Gasteiger partial charge in [0, 0.05) is 44.2 Å². The van der Waals surface area contributed by atoms with Gasteiger partial charge in [0.15, 0.2) is 5.96 Å². The minimum atomic E-state index is 0. The molecular formula is C24H37IN6O2. The first-order valence-corrected chi connectivity index (χ1v) is 11.9. The fourth-order valence-electron chi connectivity index (χ4n) is 4.37. The van der Waals surface area contributed by atoms with Crippen molar-refractivity contribution in [1.82, 2.24) is 25.0 Å². The molecule has 2 aromatic heterocycles. The van der Waals surface area contributed by atoms with Gasteiger partial charge in [-0.15, -0.1) is 24.0 Å². The normalized spacial score (nSPS) is 23.7. The first-order valence-electron chi connectivity index (χ1n) is 11.9. The number of aliphatic imine (C=N–C) groups is 1. The lowest BCUT2D eigenvalue weighted by Gasteiger charge is -2.34. The summed E-state index contributed by atoms with van der Waals surface area (Å²) in [6.45, 7) is 8.05. The molecule has 0 spiro atoms. The van der Waals surface area contributed by atoms with E-state index in [0.29, 0.717) is 19.0 Å². The van der Waals surface area contributed by atoms with Crippen LogP contribution in [0.3, 0.4) is 0 Å². The minimum absolute atomic E-state index is 0. The molecule has 33 heavy (non-hydrogen) atoms. The standard InChI is InChI=1S/C24H36N6O2.HI/c1-4-25-24(30-11-12-31-22(17-30)20-15-28-29(3)16-20)27-14-19-9-10-26-23(13-19)32-21-7-5-18(2)6-8-21;/h9-10,13,15-16,18,21-22H,4-8,11-12,14,17H2,1-3H3,(H,25,27);1H. The SMILES string of the molecule is CCNC(=NCc1ccnc(OC2CCC(C)CC2)c1)N1CCOC(c2cnn(C)c2)C1.I. The molecule has 1 aliphatic heterocycles. The Bertz CT molecular complexity index is 897. The van der Waals surface area contributed by atoms with E-state index in [0.717, 1.165) is 55.5 Å². The van der Waals surface area contributed by atoms with Crippen LogP contribution in [0.1, 0.15) is 56.8 Å². The van der Waals surface area contributed by atoms with E-state index in [4.69, 9.17) is 14.5 Å².